The largest absolute Gasteiger partial charge is 0.529 e. The van der Waals surface area contributed by atoms with Gasteiger partial charge in [-0.3, -0.25) is 4.79 Å². The van der Waals surface area contributed by atoms with Crippen LogP contribution in [0.5, 0.6) is 0 Å². The molecule has 0 fully saturated rings. The summed E-state index contributed by atoms with van der Waals surface area (Å²) in [6.45, 7) is -0.0816. The van der Waals surface area contributed by atoms with Crippen molar-refractivity contribution in [3.63, 3.8) is 0 Å². The van der Waals surface area contributed by atoms with E-state index >= 15 is 0 Å². The van der Waals surface area contributed by atoms with E-state index in [4.69, 9.17) is 11.6 Å². The first-order chi connectivity index (χ1) is 14.9. The fourth-order valence-corrected chi connectivity index (χ4v) is 3.95. The van der Waals surface area contributed by atoms with Gasteiger partial charge in [0, 0.05) is 32.9 Å². The Hall–Kier alpha value is -3.16. The number of benzene rings is 3. The summed E-state index contributed by atoms with van der Waals surface area (Å²) in [6.07, 6.45) is 0. The Labute approximate surface area is 191 Å². The summed E-state index contributed by atoms with van der Waals surface area (Å²) < 4.78 is 3.38. The number of carbonyl (C=O) groups excluding carboxylic acids is 3. The fourth-order valence-electron chi connectivity index (χ4n) is 3.38. The molecule has 1 heterocycles. The minimum absolute atomic E-state index is 0.234. The van der Waals surface area contributed by atoms with E-state index < -0.39 is 17.7 Å². The average Bonchev–Trinajstić information content (AvgIpc) is 2.75. The highest BCUT2D eigenvalue weighted by Crippen LogP contribution is 2.15. The van der Waals surface area contributed by atoms with Gasteiger partial charge < -0.3 is 5.32 Å². The number of amides is 3. The third kappa shape index (κ3) is 4.62. The molecule has 3 amide bonds. The Morgan fingerprint density at radius 3 is 2.35 bits per heavy atom. The molecule has 8 heteroatoms. The van der Waals surface area contributed by atoms with Crippen molar-refractivity contribution in [2.75, 3.05) is 11.9 Å². The van der Waals surface area contributed by atoms with Crippen molar-refractivity contribution < 1.29 is 14.4 Å². The molecular weight excluding hydrogens is 482 g/mol. The van der Waals surface area contributed by atoms with Crippen LogP contribution in [0.4, 0.5) is 5.69 Å². The van der Waals surface area contributed by atoms with Crippen molar-refractivity contribution in [2.24, 2.45) is 0 Å². The smallest absolute Gasteiger partial charge is 0.321 e. The Bertz CT molecular complexity index is 1340. The Morgan fingerprint density at radius 2 is 1.61 bits per heavy atom. The second-order valence-electron chi connectivity index (χ2n) is 6.96. The SMILES string of the molecule is O=C(C[N+]1=c2cc(Cl)ccc2=[N+](Cc2ccccc2)C(=O)C1=O)Nc1cccc(Br)c1. The number of hydrogen-bond acceptors (Lipinski definition) is 3. The second kappa shape index (κ2) is 8.91. The molecule has 1 aliphatic heterocycles. The molecule has 0 bridgehead atoms. The van der Waals surface area contributed by atoms with Crippen molar-refractivity contribution in [3.05, 3.63) is 98.6 Å². The summed E-state index contributed by atoms with van der Waals surface area (Å²) in [5.41, 5.74) is 1.46. The molecule has 4 rings (SSSR count). The number of rotatable bonds is 5. The third-order valence-electron chi connectivity index (χ3n) is 4.79. The van der Waals surface area contributed by atoms with Crippen LogP contribution < -0.4 is 25.2 Å². The zero-order valence-corrected chi connectivity index (χ0v) is 18.6. The molecule has 1 aliphatic rings. The van der Waals surface area contributed by atoms with Crippen molar-refractivity contribution in [1.82, 2.24) is 9.15 Å². The maximum atomic E-state index is 12.9. The van der Waals surface area contributed by atoms with Crippen LogP contribution in [-0.2, 0) is 20.9 Å². The molecule has 6 nitrogen and oxygen atoms in total. The van der Waals surface area contributed by atoms with E-state index in [1.807, 2.05) is 36.4 Å². The first-order valence-corrected chi connectivity index (χ1v) is 10.6. The summed E-state index contributed by atoms with van der Waals surface area (Å²) in [6, 6.07) is 21.4. The quantitative estimate of drug-likeness (QED) is 0.432. The number of halogens is 2. The van der Waals surface area contributed by atoms with Crippen LogP contribution in [0.1, 0.15) is 5.56 Å². The van der Waals surface area contributed by atoms with Crippen LogP contribution in [0.2, 0.25) is 5.02 Å². The lowest BCUT2D eigenvalue weighted by molar-refractivity contribution is -0.142. The topological polar surface area (TPSA) is 69.3 Å². The van der Waals surface area contributed by atoms with E-state index in [0.29, 0.717) is 21.4 Å². The summed E-state index contributed by atoms with van der Waals surface area (Å²) in [4.78, 5) is 38.5. The molecule has 0 radical (unpaired) electrons. The molecule has 0 saturated heterocycles. The highest BCUT2D eigenvalue weighted by molar-refractivity contribution is 9.10. The van der Waals surface area contributed by atoms with Crippen LogP contribution in [0.15, 0.2) is 77.3 Å². The molecular formula is C23H17BrClN3O3+2. The molecule has 154 valence electrons. The number of nitrogens with zero attached hydrogens (tertiary/aromatic N) is 2. The summed E-state index contributed by atoms with van der Waals surface area (Å²) in [5, 5.41) is 4.08. The van der Waals surface area contributed by atoms with Crippen LogP contribution in [0.25, 0.3) is 0 Å². The number of fused-ring (bicyclic) bond motifs is 1. The minimum Gasteiger partial charge on any atom is -0.321 e. The van der Waals surface area contributed by atoms with Crippen molar-refractivity contribution in [3.8, 4) is 0 Å². The van der Waals surface area contributed by atoms with Gasteiger partial charge in [-0.15, -0.1) is 9.15 Å². The first kappa shape index (κ1) is 21.1. The number of nitrogens with one attached hydrogen (secondary N) is 1. The molecule has 0 unspecified atom stereocenters. The van der Waals surface area contributed by atoms with Crippen LogP contribution in [0, 0.1) is 0 Å². The average molecular weight is 499 g/mol. The molecule has 3 aromatic carbocycles. The van der Waals surface area contributed by atoms with Gasteiger partial charge in [0.05, 0.1) is 0 Å². The second-order valence-corrected chi connectivity index (χ2v) is 8.31. The normalized spacial score (nSPS) is 13.2. The number of hydrogen-bond donors (Lipinski definition) is 1. The molecule has 1 N–H and O–H groups in total. The maximum Gasteiger partial charge on any atom is 0.529 e. The van der Waals surface area contributed by atoms with Gasteiger partial charge in [0.25, 0.3) is 16.6 Å². The zero-order chi connectivity index (χ0) is 22.0. The zero-order valence-electron chi connectivity index (χ0n) is 16.2. The van der Waals surface area contributed by atoms with Gasteiger partial charge in [-0.2, -0.15) is 0 Å². The fraction of sp³-hybridized carbons (Fsp3) is 0.0870. The van der Waals surface area contributed by atoms with Crippen LogP contribution >= 0.6 is 27.5 Å². The van der Waals surface area contributed by atoms with Crippen LogP contribution in [0.3, 0.4) is 0 Å². The van der Waals surface area contributed by atoms with E-state index in [1.165, 1.54) is 9.15 Å². The molecule has 3 aromatic rings. The lowest BCUT2D eigenvalue weighted by Gasteiger charge is -2.08. The number of anilines is 1. The first-order valence-electron chi connectivity index (χ1n) is 9.44. The standard InChI is InChI=1S/C23H16BrClN3O3/c24-16-7-4-8-18(11-16)26-21(29)14-28-20-12-17(25)9-10-19(20)27(22(30)23(28)31)13-15-5-2-1-3-6-15/h1-12H,13-14H2/q+1/p+1. The van der Waals surface area contributed by atoms with Gasteiger partial charge in [-0.05, 0) is 24.3 Å². The molecule has 0 atom stereocenters. The van der Waals surface area contributed by atoms with Crippen LogP contribution in [-0.4, -0.2) is 24.3 Å². The van der Waals surface area contributed by atoms with Gasteiger partial charge >= 0.3 is 11.8 Å². The Morgan fingerprint density at radius 1 is 0.871 bits per heavy atom. The molecule has 0 aliphatic carbocycles. The van der Waals surface area contributed by atoms with E-state index in [-0.39, 0.29) is 13.1 Å². The van der Waals surface area contributed by atoms with Crippen molar-refractivity contribution in [1.29, 1.82) is 0 Å². The van der Waals surface area contributed by atoms with Gasteiger partial charge in [0.1, 0.15) is 0 Å². The van der Waals surface area contributed by atoms with E-state index in [1.54, 1.807) is 36.4 Å². The van der Waals surface area contributed by atoms with Gasteiger partial charge in [-0.1, -0.05) is 63.9 Å². The Balaban J connectivity index is 1.77. The maximum absolute atomic E-state index is 12.9. The van der Waals surface area contributed by atoms with E-state index in [9.17, 15) is 14.4 Å². The van der Waals surface area contributed by atoms with E-state index in [2.05, 4.69) is 21.2 Å². The lowest BCUT2D eigenvalue weighted by atomic mass is 10.2. The van der Waals surface area contributed by atoms with Crippen molar-refractivity contribution in [2.45, 2.75) is 6.54 Å². The molecule has 0 spiro atoms. The number of carbonyl (C=O) groups is 3. The van der Waals surface area contributed by atoms with Gasteiger partial charge in [0.2, 0.25) is 6.54 Å². The van der Waals surface area contributed by atoms with Crippen molar-refractivity contribution >= 4 is 50.9 Å². The van der Waals surface area contributed by atoms with Gasteiger partial charge in [0.15, 0.2) is 6.54 Å². The predicted octanol–water partition coefficient (Wildman–Crippen LogP) is 1.99. The lowest BCUT2D eigenvalue weighted by Crippen LogP contribution is -2.61. The summed E-state index contributed by atoms with van der Waals surface area (Å²) >= 11 is 9.52. The highest BCUT2D eigenvalue weighted by Gasteiger charge is 2.43. The summed E-state index contributed by atoms with van der Waals surface area (Å²) in [5.74, 6) is -1.91. The molecule has 31 heavy (non-hydrogen) atoms. The summed E-state index contributed by atoms with van der Waals surface area (Å²) in [7, 11) is 0. The van der Waals surface area contributed by atoms with Gasteiger partial charge in [-0.25, -0.2) is 9.59 Å². The highest BCUT2D eigenvalue weighted by atomic mass is 79.9. The monoisotopic (exact) mass is 497 g/mol. The van der Waals surface area contributed by atoms with E-state index in [0.717, 1.165) is 10.0 Å². The molecule has 0 saturated carbocycles. The Kier molecular flexibility index (Phi) is 6.06. The predicted molar refractivity (Wildman–Crippen MR) is 121 cm³/mol. The third-order valence-corrected chi connectivity index (χ3v) is 5.51. The molecule has 0 aromatic heterocycles. The minimum atomic E-state index is -0.782.